The van der Waals surface area contributed by atoms with Gasteiger partial charge in [0.15, 0.2) is 0 Å². The van der Waals surface area contributed by atoms with Crippen LogP contribution in [0.5, 0.6) is 0 Å². The summed E-state index contributed by atoms with van der Waals surface area (Å²) in [6, 6.07) is 0. The Kier molecular flexibility index (Phi) is 8.72. The molecular weight excluding hydrogens is 304 g/mol. The number of rotatable bonds is 8. The number of allylic oxidation sites excluding steroid dienone is 2. The third kappa shape index (κ3) is 6.85. The lowest BCUT2D eigenvalue weighted by atomic mass is 10.0. The van der Waals surface area contributed by atoms with Crippen molar-refractivity contribution >= 4 is 5.97 Å². The predicted molar refractivity (Wildman–Crippen MR) is 96.5 cm³/mol. The molecule has 2 N–H and O–H groups in total. The summed E-state index contributed by atoms with van der Waals surface area (Å²) in [5.74, 6) is -0.227. The number of aliphatic hydroxyl groups excluding tert-OH is 2. The van der Waals surface area contributed by atoms with Crippen molar-refractivity contribution in [1.82, 2.24) is 0 Å². The van der Waals surface area contributed by atoms with E-state index in [0.29, 0.717) is 12.0 Å². The first-order valence-corrected chi connectivity index (χ1v) is 8.50. The van der Waals surface area contributed by atoms with E-state index in [2.05, 4.69) is 6.08 Å². The molecule has 0 fully saturated rings. The van der Waals surface area contributed by atoms with Gasteiger partial charge in [0.1, 0.15) is 6.10 Å². The highest BCUT2D eigenvalue weighted by atomic mass is 16.5. The molecule has 0 aromatic carbocycles. The summed E-state index contributed by atoms with van der Waals surface area (Å²) in [5, 5.41) is 18.8. The van der Waals surface area contributed by atoms with Crippen LogP contribution < -0.4 is 0 Å². The average Bonchev–Trinajstić information content (AvgIpc) is 2.55. The minimum atomic E-state index is -0.541. The van der Waals surface area contributed by atoms with Gasteiger partial charge in [0.25, 0.3) is 0 Å². The summed E-state index contributed by atoms with van der Waals surface area (Å²) in [6.45, 7) is 7.59. The van der Waals surface area contributed by atoms with Gasteiger partial charge in [0, 0.05) is 12.0 Å². The molecule has 4 heteroatoms. The lowest BCUT2D eigenvalue weighted by Gasteiger charge is -2.21. The zero-order valence-corrected chi connectivity index (χ0v) is 15.2. The van der Waals surface area contributed by atoms with Gasteiger partial charge in [-0.2, -0.15) is 0 Å². The standard InChI is InChI=1S/C20H30O4/c1-14(8-10-18(22)15(2)12-13-21)6-5-7-16(3)19-11-9-17(4)20(23)24-19/h7-9,12,18-19,21-22H,5-6,10-11,13H2,1-4H3/b14-8+,15-12+,16-7+/t18-,19+/m1/s1. The lowest BCUT2D eigenvalue weighted by molar-refractivity contribution is -0.143. The second-order valence-corrected chi connectivity index (χ2v) is 6.44. The summed E-state index contributed by atoms with van der Waals surface area (Å²) in [4.78, 5) is 11.6. The smallest absolute Gasteiger partial charge is 0.333 e. The third-order valence-electron chi connectivity index (χ3n) is 4.35. The number of carbonyl (C=O) groups is 1. The molecule has 0 saturated carbocycles. The normalized spacial score (nSPS) is 21.4. The molecule has 0 bridgehead atoms. The lowest BCUT2D eigenvalue weighted by Crippen LogP contribution is -2.23. The zero-order chi connectivity index (χ0) is 18.1. The van der Waals surface area contributed by atoms with Crippen LogP contribution in [0.25, 0.3) is 0 Å². The third-order valence-corrected chi connectivity index (χ3v) is 4.35. The number of aliphatic hydroxyl groups is 2. The van der Waals surface area contributed by atoms with Crippen LogP contribution in [-0.2, 0) is 9.53 Å². The summed E-state index contributed by atoms with van der Waals surface area (Å²) < 4.78 is 5.40. The van der Waals surface area contributed by atoms with E-state index in [1.54, 1.807) is 13.0 Å². The summed E-state index contributed by atoms with van der Waals surface area (Å²) >= 11 is 0. The quantitative estimate of drug-likeness (QED) is 0.526. The first kappa shape index (κ1) is 20.4. The molecular formula is C20H30O4. The van der Waals surface area contributed by atoms with E-state index in [1.807, 2.05) is 32.9 Å². The number of cyclic esters (lactones) is 1. The molecule has 2 atom stereocenters. The fourth-order valence-electron chi connectivity index (χ4n) is 2.46. The fraction of sp³-hybridized carbons (Fsp3) is 0.550. The average molecular weight is 334 g/mol. The van der Waals surface area contributed by atoms with Crippen LogP contribution in [0.4, 0.5) is 0 Å². The Hall–Kier alpha value is -1.65. The Bertz CT molecular complexity index is 552. The van der Waals surface area contributed by atoms with Crippen LogP contribution in [0.2, 0.25) is 0 Å². The van der Waals surface area contributed by atoms with Crippen molar-refractivity contribution in [3.05, 3.63) is 46.6 Å². The molecule has 1 aliphatic rings. The van der Waals surface area contributed by atoms with Gasteiger partial charge in [-0.05, 0) is 58.1 Å². The van der Waals surface area contributed by atoms with E-state index < -0.39 is 6.10 Å². The van der Waals surface area contributed by atoms with Crippen molar-refractivity contribution in [1.29, 1.82) is 0 Å². The Morgan fingerprint density at radius 3 is 2.67 bits per heavy atom. The van der Waals surface area contributed by atoms with E-state index in [1.165, 1.54) is 5.57 Å². The maximum absolute atomic E-state index is 11.6. The van der Waals surface area contributed by atoms with Gasteiger partial charge in [-0.15, -0.1) is 0 Å². The Morgan fingerprint density at radius 2 is 2.04 bits per heavy atom. The minimum absolute atomic E-state index is 0.0455. The SMILES string of the molecule is CC1=CC[C@@H](/C(C)=C/CC/C(C)=C/C[C@@H](O)/C(C)=C/CO)OC1=O. The van der Waals surface area contributed by atoms with Gasteiger partial charge in [0.05, 0.1) is 12.7 Å². The van der Waals surface area contributed by atoms with Gasteiger partial charge >= 0.3 is 5.97 Å². The first-order valence-electron chi connectivity index (χ1n) is 8.50. The zero-order valence-electron chi connectivity index (χ0n) is 15.2. The van der Waals surface area contributed by atoms with Gasteiger partial charge in [0.2, 0.25) is 0 Å². The number of hydrogen-bond acceptors (Lipinski definition) is 4. The van der Waals surface area contributed by atoms with Crippen molar-refractivity contribution in [3.63, 3.8) is 0 Å². The summed E-state index contributed by atoms with van der Waals surface area (Å²) in [7, 11) is 0. The number of hydrogen-bond donors (Lipinski definition) is 2. The van der Waals surface area contributed by atoms with Crippen molar-refractivity contribution in [2.45, 2.75) is 65.6 Å². The largest absolute Gasteiger partial charge is 0.454 e. The number of esters is 1. The van der Waals surface area contributed by atoms with Crippen LogP contribution in [0.1, 0.15) is 53.4 Å². The van der Waals surface area contributed by atoms with Gasteiger partial charge in [-0.25, -0.2) is 4.79 Å². The topological polar surface area (TPSA) is 66.8 Å². The molecule has 0 saturated heterocycles. The molecule has 0 radical (unpaired) electrons. The van der Waals surface area contributed by atoms with Gasteiger partial charge in [-0.1, -0.05) is 29.9 Å². The highest BCUT2D eigenvalue weighted by Gasteiger charge is 2.21. The second-order valence-electron chi connectivity index (χ2n) is 6.44. The van der Waals surface area contributed by atoms with E-state index in [0.717, 1.165) is 30.4 Å². The molecule has 134 valence electrons. The molecule has 24 heavy (non-hydrogen) atoms. The Balaban J connectivity index is 2.44. The highest BCUT2D eigenvalue weighted by molar-refractivity contribution is 5.88. The van der Waals surface area contributed by atoms with E-state index in [-0.39, 0.29) is 18.7 Å². The molecule has 0 aromatic rings. The van der Waals surface area contributed by atoms with Crippen LogP contribution in [0.15, 0.2) is 46.6 Å². The molecule has 1 aliphatic heterocycles. The molecule has 1 heterocycles. The molecule has 0 aliphatic carbocycles. The Morgan fingerprint density at radius 1 is 1.33 bits per heavy atom. The molecule has 0 spiro atoms. The molecule has 4 nitrogen and oxygen atoms in total. The van der Waals surface area contributed by atoms with Gasteiger partial charge in [-0.3, -0.25) is 0 Å². The van der Waals surface area contributed by atoms with Crippen molar-refractivity contribution in [3.8, 4) is 0 Å². The molecule has 0 amide bonds. The van der Waals surface area contributed by atoms with E-state index in [9.17, 15) is 9.90 Å². The van der Waals surface area contributed by atoms with E-state index >= 15 is 0 Å². The minimum Gasteiger partial charge on any atom is -0.454 e. The maximum Gasteiger partial charge on any atom is 0.333 e. The van der Waals surface area contributed by atoms with Crippen LogP contribution >= 0.6 is 0 Å². The highest BCUT2D eigenvalue weighted by Crippen LogP contribution is 2.20. The maximum atomic E-state index is 11.6. The monoisotopic (exact) mass is 334 g/mol. The van der Waals surface area contributed by atoms with Crippen LogP contribution in [0.3, 0.4) is 0 Å². The van der Waals surface area contributed by atoms with Crippen molar-refractivity contribution < 1.29 is 19.7 Å². The molecule has 1 rings (SSSR count). The predicted octanol–water partition coefficient (Wildman–Crippen LogP) is 3.61. The van der Waals surface area contributed by atoms with Gasteiger partial charge < -0.3 is 14.9 Å². The fourth-order valence-corrected chi connectivity index (χ4v) is 2.46. The molecule has 0 aromatic heterocycles. The van der Waals surface area contributed by atoms with Crippen LogP contribution in [0, 0.1) is 0 Å². The number of ether oxygens (including phenoxy) is 1. The van der Waals surface area contributed by atoms with E-state index in [4.69, 9.17) is 9.84 Å². The van der Waals surface area contributed by atoms with Crippen molar-refractivity contribution in [2.75, 3.05) is 6.61 Å². The first-order chi connectivity index (χ1) is 11.3. The number of carbonyl (C=O) groups excluding carboxylic acids is 1. The summed E-state index contributed by atoms with van der Waals surface area (Å²) in [5.41, 5.74) is 3.77. The van der Waals surface area contributed by atoms with Crippen molar-refractivity contribution in [2.24, 2.45) is 0 Å². The van der Waals surface area contributed by atoms with Crippen LogP contribution in [-0.4, -0.2) is 35.0 Å². The summed E-state index contributed by atoms with van der Waals surface area (Å²) in [6.07, 6.45) is 10.1. The Labute approximate surface area is 145 Å². The second kappa shape index (κ2) is 10.3. The molecule has 0 unspecified atom stereocenters.